The van der Waals surface area contributed by atoms with Gasteiger partial charge < -0.3 is 10.4 Å². The van der Waals surface area contributed by atoms with Gasteiger partial charge in [-0.3, -0.25) is 10.1 Å². The average Bonchev–Trinajstić information content (AvgIpc) is 2.30. The topological polar surface area (TPSA) is 75.4 Å². The molecule has 1 heterocycles. The normalized spacial score (nSPS) is 20.6. The second kappa shape index (κ2) is 4.49. The monoisotopic (exact) mass is 222 g/mol. The Labute approximate surface area is 93.2 Å². The Bertz CT molecular complexity index is 400. The van der Waals surface area contributed by atoms with Crippen LogP contribution >= 0.6 is 0 Å². The molecule has 86 valence electrons. The van der Waals surface area contributed by atoms with E-state index in [0.717, 1.165) is 31.5 Å². The number of nitrogens with zero attached hydrogens (tertiary/aromatic N) is 1. The number of nitrogens with one attached hydrogen (secondary N) is 1. The molecule has 1 saturated heterocycles. The molecule has 1 aliphatic rings. The van der Waals surface area contributed by atoms with Gasteiger partial charge in [-0.25, -0.2) is 0 Å². The lowest BCUT2D eigenvalue weighted by atomic mass is 9.91. The maximum Gasteiger partial charge on any atom is 0.310 e. The molecule has 1 aromatic carbocycles. The van der Waals surface area contributed by atoms with Gasteiger partial charge in [0.05, 0.1) is 4.92 Å². The number of benzene rings is 1. The second-order valence-corrected chi connectivity index (χ2v) is 4.05. The lowest BCUT2D eigenvalue weighted by Gasteiger charge is -2.22. The third-order valence-corrected chi connectivity index (χ3v) is 2.96. The average molecular weight is 222 g/mol. The van der Waals surface area contributed by atoms with E-state index in [-0.39, 0.29) is 11.4 Å². The third kappa shape index (κ3) is 2.14. The van der Waals surface area contributed by atoms with Crippen LogP contribution in [0.5, 0.6) is 5.75 Å². The van der Waals surface area contributed by atoms with Crippen molar-refractivity contribution in [3.05, 3.63) is 33.9 Å². The molecule has 0 aromatic heterocycles. The lowest BCUT2D eigenvalue weighted by molar-refractivity contribution is -0.385. The molecule has 0 saturated carbocycles. The van der Waals surface area contributed by atoms with E-state index in [9.17, 15) is 15.2 Å². The summed E-state index contributed by atoms with van der Waals surface area (Å²) in [4.78, 5) is 10.1. The van der Waals surface area contributed by atoms with Gasteiger partial charge in [0.2, 0.25) is 0 Å². The first kappa shape index (κ1) is 10.9. The summed E-state index contributed by atoms with van der Waals surface area (Å²) in [7, 11) is 0. The highest BCUT2D eigenvalue weighted by Crippen LogP contribution is 2.31. The van der Waals surface area contributed by atoms with E-state index in [4.69, 9.17) is 0 Å². The fraction of sp³-hybridized carbons (Fsp3) is 0.455. The van der Waals surface area contributed by atoms with Gasteiger partial charge in [-0.1, -0.05) is 6.07 Å². The molecule has 0 unspecified atom stereocenters. The number of nitro groups is 1. The maximum atomic E-state index is 10.7. The molecule has 0 spiro atoms. The molecule has 16 heavy (non-hydrogen) atoms. The fourth-order valence-electron chi connectivity index (χ4n) is 2.08. The Morgan fingerprint density at radius 3 is 2.94 bits per heavy atom. The van der Waals surface area contributed by atoms with E-state index < -0.39 is 4.92 Å². The van der Waals surface area contributed by atoms with Crippen LogP contribution in [0, 0.1) is 10.1 Å². The highest BCUT2D eigenvalue weighted by Gasteiger charge is 2.20. The molecule has 1 aliphatic heterocycles. The highest BCUT2D eigenvalue weighted by molar-refractivity contribution is 5.48. The number of rotatable bonds is 2. The summed E-state index contributed by atoms with van der Waals surface area (Å²) in [6.45, 7) is 1.86. The van der Waals surface area contributed by atoms with Gasteiger partial charge in [0, 0.05) is 12.6 Å². The van der Waals surface area contributed by atoms with Crippen LogP contribution in [0.2, 0.25) is 0 Å². The standard InChI is InChI=1S/C11H14N2O3/c14-11-4-3-8(6-10(11)13(15)16)9-2-1-5-12-7-9/h3-4,6,9,12,14H,1-2,5,7H2/t9-/m1/s1. The Balaban J connectivity index is 2.27. The number of phenolic OH excluding ortho intramolecular Hbond substituents is 1. The third-order valence-electron chi connectivity index (χ3n) is 2.96. The molecule has 0 radical (unpaired) electrons. The number of nitro benzene ring substituents is 1. The van der Waals surface area contributed by atoms with Gasteiger partial charge in [-0.15, -0.1) is 0 Å². The van der Waals surface area contributed by atoms with Gasteiger partial charge in [-0.05, 0) is 36.9 Å². The van der Waals surface area contributed by atoms with E-state index in [1.54, 1.807) is 6.07 Å². The predicted molar refractivity (Wildman–Crippen MR) is 59.6 cm³/mol. The molecule has 2 N–H and O–H groups in total. The molecular formula is C11H14N2O3. The summed E-state index contributed by atoms with van der Waals surface area (Å²) in [6.07, 6.45) is 2.12. The lowest BCUT2D eigenvalue weighted by Crippen LogP contribution is -2.28. The smallest absolute Gasteiger partial charge is 0.310 e. The molecule has 0 bridgehead atoms. The zero-order valence-electron chi connectivity index (χ0n) is 8.85. The van der Waals surface area contributed by atoms with Crippen LogP contribution in [0.3, 0.4) is 0 Å². The van der Waals surface area contributed by atoms with Crippen LogP contribution in [0.15, 0.2) is 18.2 Å². The van der Waals surface area contributed by atoms with Gasteiger partial charge in [0.25, 0.3) is 0 Å². The van der Waals surface area contributed by atoms with Gasteiger partial charge in [0.15, 0.2) is 5.75 Å². The van der Waals surface area contributed by atoms with Crippen LogP contribution < -0.4 is 5.32 Å². The van der Waals surface area contributed by atoms with Gasteiger partial charge in [0.1, 0.15) is 0 Å². The molecule has 1 aromatic rings. The van der Waals surface area contributed by atoms with E-state index in [1.165, 1.54) is 12.1 Å². The molecule has 0 amide bonds. The van der Waals surface area contributed by atoms with Crippen molar-refractivity contribution >= 4 is 5.69 Å². The van der Waals surface area contributed by atoms with Crippen LogP contribution in [-0.4, -0.2) is 23.1 Å². The van der Waals surface area contributed by atoms with Crippen LogP contribution in [0.4, 0.5) is 5.69 Å². The van der Waals surface area contributed by atoms with Crippen molar-refractivity contribution in [1.82, 2.24) is 5.32 Å². The SMILES string of the molecule is O=[N+]([O-])c1cc([C@@H]2CCCNC2)ccc1O. The highest BCUT2D eigenvalue weighted by atomic mass is 16.6. The fourth-order valence-corrected chi connectivity index (χ4v) is 2.08. The summed E-state index contributed by atoms with van der Waals surface area (Å²) in [5.74, 6) is 0.0468. The summed E-state index contributed by atoms with van der Waals surface area (Å²) < 4.78 is 0. The summed E-state index contributed by atoms with van der Waals surface area (Å²) in [6, 6.07) is 4.65. The second-order valence-electron chi connectivity index (χ2n) is 4.05. The van der Waals surface area contributed by atoms with Gasteiger partial charge in [-0.2, -0.15) is 0 Å². The Morgan fingerprint density at radius 2 is 2.31 bits per heavy atom. The van der Waals surface area contributed by atoms with Crippen LogP contribution in [-0.2, 0) is 0 Å². The summed E-state index contributed by atoms with van der Waals surface area (Å²) >= 11 is 0. The Hall–Kier alpha value is -1.62. The van der Waals surface area contributed by atoms with E-state index >= 15 is 0 Å². The zero-order chi connectivity index (χ0) is 11.5. The quantitative estimate of drug-likeness (QED) is 0.590. The van der Waals surface area contributed by atoms with Crippen molar-refractivity contribution < 1.29 is 10.0 Å². The van der Waals surface area contributed by atoms with Crippen molar-refractivity contribution in [2.24, 2.45) is 0 Å². The van der Waals surface area contributed by atoms with Crippen molar-refractivity contribution in [2.75, 3.05) is 13.1 Å². The van der Waals surface area contributed by atoms with E-state index in [1.807, 2.05) is 0 Å². The Morgan fingerprint density at radius 1 is 1.50 bits per heavy atom. The van der Waals surface area contributed by atoms with Crippen LogP contribution in [0.1, 0.15) is 24.3 Å². The minimum Gasteiger partial charge on any atom is -0.502 e. The summed E-state index contributed by atoms with van der Waals surface area (Å²) in [5, 5.41) is 23.3. The number of aromatic hydroxyl groups is 1. The predicted octanol–water partition coefficient (Wildman–Crippen LogP) is 1.77. The molecule has 1 fully saturated rings. The zero-order valence-corrected chi connectivity index (χ0v) is 8.85. The first-order valence-corrected chi connectivity index (χ1v) is 5.36. The van der Waals surface area contributed by atoms with Crippen molar-refractivity contribution in [1.29, 1.82) is 0 Å². The largest absolute Gasteiger partial charge is 0.502 e. The molecule has 0 aliphatic carbocycles. The number of piperidine rings is 1. The first-order valence-electron chi connectivity index (χ1n) is 5.36. The summed E-state index contributed by atoms with van der Waals surface area (Å²) in [5.41, 5.74) is 0.722. The van der Waals surface area contributed by atoms with Gasteiger partial charge >= 0.3 is 5.69 Å². The van der Waals surface area contributed by atoms with E-state index in [2.05, 4.69) is 5.32 Å². The maximum absolute atomic E-state index is 10.7. The Kier molecular flexibility index (Phi) is 3.05. The molecule has 1 atom stereocenters. The number of hydrogen-bond acceptors (Lipinski definition) is 4. The minimum absolute atomic E-state index is 0.205. The van der Waals surface area contributed by atoms with Crippen LogP contribution in [0.25, 0.3) is 0 Å². The van der Waals surface area contributed by atoms with Crippen molar-refractivity contribution in [2.45, 2.75) is 18.8 Å². The molecule has 2 rings (SSSR count). The minimum atomic E-state index is -0.547. The molecular weight excluding hydrogens is 208 g/mol. The molecule has 5 heteroatoms. The molecule has 5 nitrogen and oxygen atoms in total. The number of hydrogen-bond donors (Lipinski definition) is 2. The number of phenols is 1. The van der Waals surface area contributed by atoms with E-state index in [0.29, 0.717) is 5.92 Å². The first-order chi connectivity index (χ1) is 7.68. The van der Waals surface area contributed by atoms with Crippen molar-refractivity contribution in [3.8, 4) is 5.75 Å². The van der Waals surface area contributed by atoms with Crippen molar-refractivity contribution in [3.63, 3.8) is 0 Å².